The number of aromatic nitrogens is 1. The van der Waals surface area contributed by atoms with Gasteiger partial charge in [0.25, 0.3) is 11.8 Å². The van der Waals surface area contributed by atoms with Gasteiger partial charge in [-0.1, -0.05) is 23.7 Å². The lowest BCUT2D eigenvalue weighted by molar-refractivity contribution is -0.153. The molecule has 0 radical (unpaired) electrons. The van der Waals surface area contributed by atoms with E-state index in [-0.39, 0.29) is 56.3 Å². The van der Waals surface area contributed by atoms with Gasteiger partial charge in [-0.15, -0.1) is 0 Å². The van der Waals surface area contributed by atoms with Gasteiger partial charge in [0.1, 0.15) is 11.4 Å². The molecule has 0 spiro atoms. The number of nitrogens with one attached hydrogen (secondary N) is 1. The molecule has 2 heterocycles. The molecule has 4 rings (SSSR count). The summed E-state index contributed by atoms with van der Waals surface area (Å²) in [5, 5.41) is 3.36. The first-order chi connectivity index (χ1) is 16.2. The fourth-order valence-electron chi connectivity index (χ4n) is 4.30. The lowest BCUT2D eigenvalue weighted by atomic mass is 10.2. The minimum Gasteiger partial charge on any atom is -0.347 e. The van der Waals surface area contributed by atoms with E-state index in [9.17, 15) is 31.2 Å². The van der Waals surface area contributed by atoms with Crippen molar-refractivity contribution in [3.8, 4) is 0 Å². The fourth-order valence-corrected chi connectivity index (χ4v) is 6.78. The van der Waals surface area contributed by atoms with Gasteiger partial charge in [-0.05, 0) is 56.5 Å². The van der Waals surface area contributed by atoms with Crippen LogP contribution in [0, 0.1) is 0 Å². The molecule has 1 saturated carbocycles. The monoisotopic (exact) mass is 531 g/mol. The molecular formula is C23H25ClF3N3O4S. The molecule has 1 aromatic heterocycles. The highest BCUT2D eigenvalue weighted by Gasteiger charge is 2.68. The van der Waals surface area contributed by atoms with Crippen LogP contribution in [0.5, 0.6) is 0 Å². The van der Waals surface area contributed by atoms with E-state index in [4.69, 9.17) is 11.6 Å². The van der Waals surface area contributed by atoms with Gasteiger partial charge in [0.05, 0.1) is 4.75 Å². The normalized spacial score (nSPS) is 17.8. The summed E-state index contributed by atoms with van der Waals surface area (Å²) in [6.07, 6.45) is -4.80. The molecule has 0 saturated heterocycles. The Morgan fingerprint density at radius 2 is 1.71 bits per heavy atom. The Morgan fingerprint density at radius 1 is 1.09 bits per heavy atom. The molecule has 1 aromatic carbocycles. The van der Waals surface area contributed by atoms with Crippen LogP contribution in [0.3, 0.4) is 0 Å². The van der Waals surface area contributed by atoms with Crippen LogP contribution in [-0.4, -0.2) is 58.5 Å². The summed E-state index contributed by atoms with van der Waals surface area (Å²) in [5.41, 5.74) is 1.30. The number of halogens is 4. The second-order valence-electron chi connectivity index (χ2n) is 9.49. The Hall–Kier alpha value is -2.53. The van der Waals surface area contributed by atoms with Gasteiger partial charge in [0.2, 0.25) is 0 Å². The Morgan fingerprint density at radius 3 is 2.29 bits per heavy atom. The molecule has 35 heavy (non-hydrogen) atoms. The van der Waals surface area contributed by atoms with Gasteiger partial charge in [-0.25, -0.2) is 8.42 Å². The van der Waals surface area contributed by atoms with E-state index in [0.29, 0.717) is 18.9 Å². The van der Waals surface area contributed by atoms with E-state index in [0.717, 1.165) is 5.56 Å². The zero-order valence-electron chi connectivity index (χ0n) is 19.2. The minimum atomic E-state index is -4.93. The van der Waals surface area contributed by atoms with Crippen molar-refractivity contribution in [3.63, 3.8) is 0 Å². The highest BCUT2D eigenvalue weighted by atomic mass is 35.5. The largest absolute Gasteiger partial charge is 0.407 e. The van der Waals surface area contributed by atoms with Gasteiger partial charge >= 0.3 is 6.18 Å². The molecule has 0 unspecified atom stereocenters. The molecule has 1 aliphatic heterocycles. The topological polar surface area (TPSA) is 88.5 Å². The number of benzene rings is 1. The number of nitrogens with zero attached hydrogens (tertiary/aromatic N) is 2. The second-order valence-corrected chi connectivity index (χ2v) is 12.8. The van der Waals surface area contributed by atoms with Gasteiger partial charge in [0, 0.05) is 31.2 Å². The predicted octanol–water partition coefficient (Wildman–Crippen LogP) is 3.82. The Bertz CT molecular complexity index is 1270. The number of amides is 2. The van der Waals surface area contributed by atoms with Crippen LogP contribution in [0.1, 0.15) is 53.2 Å². The molecule has 2 aliphatic rings. The van der Waals surface area contributed by atoms with Gasteiger partial charge in [-0.2, -0.15) is 13.2 Å². The quantitative estimate of drug-likeness (QED) is 0.588. The maximum atomic E-state index is 13.5. The second kappa shape index (κ2) is 8.55. The molecule has 7 nitrogen and oxygen atoms in total. The summed E-state index contributed by atoms with van der Waals surface area (Å²) in [7, 11) is -4.63. The average Bonchev–Trinajstić information content (AvgIpc) is 3.44. The molecule has 190 valence electrons. The van der Waals surface area contributed by atoms with E-state index in [1.807, 2.05) is 0 Å². The molecule has 1 aliphatic carbocycles. The Labute approximate surface area is 206 Å². The highest BCUT2D eigenvalue weighted by molar-refractivity contribution is 7.94. The molecule has 0 bridgehead atoms. The third-order valence-corrected chi connectivity index (χ3v) is 10.4. The average molecular weight is 532 g/mol. The lowest BCUT2D eigenvalue weighted by Gasteiger charge is -2.36. The molecule has 2 aromatic rings. The van der Waals surface area contributed by atoms with Crippen LogP contribution < -0.4 is 5.32 Å². The van der Waals surface area contributed by atoms with Gasteiger partial charge in [0.15, 0.2) is 14.6 Å². The number of carbonyl (C=O) groups is 2. The molecule has 1 fully saturated rings. The fraction of sp³-hybridized carbons (Fsp3) is 0.478. The Balaban J connectivity index is 1.48. The van der Waals surface area contributed by atoms with Crippen molar-refractivity contribution < 1.29 is 31.2 Å². The summed E-state index contributed by atoms with van der Waals surface area (Å²) in [4.78, 5) is 27.1. The number of hydrogen-bond donors (Lipinski definition) is 1. The molecule has 1 N–H and O–H groups in total. The van der Waals surface area contributed by atoms with Crippen LogP contribution in [0.4, 0.5) is 13.2 Å². The first kappa shape index (κ1) is 25.6. The summed E-state index contributed by atoms with van der Waals surface area (Å²) in [5.74, 6) is -0.903. The van der Waals surface area contributed by atoms with Crippen molar-refractivity contribution >= 4 is 33.3 Å². The summed E-state index contributed by atoms with van der Waals surface area (Å²) < 4.78 is 63.5. The first-order valence-electron chi connectivity index (χ1n) is 11.0. The minimum absolute atomic E-state index is 0.0674. The van der Waals surface area contributed by atoms with Crippen LogP contribution in [-0.2, 0) is 22.9 Å². The van der Waals surface area contributed by atoms with Gasteiger partial charge in [-0.3, -0.25) is 9.59 Å². The van der Waals surface area contributed by atoms with Crippen molar-refractivity contribution in [1.29, 1.82) is 0 Å². The van der Waals surface area contributed by atoms with Crippen LogP contribution in [0.25, 0.3) is 0 Å². The summed E-state index contributed by atoms with van der Waals surface area (Å²) >= 11 is 5.86. The third kappa shape index (κ3) is 4.33. The maximum absolute atomic E-state index is 13.5. The lowest BCUT2D eigenvalue weighted by Crippen LogP contribution is -2.55. The zero-order valence-corrected chi connectivity index (χ0v) is 20.7. The van der Waals surface area contributed by atoms with Crippen molar-refractivity contribution in [3.05, 3.63) is 58.4 Å². The van der Waals surface area contributed by atoms with E-state index < -0.39 is 31.4 Å². The van der Waals surface area contributed by atoms with Crippen molar-refractivity contribution in [2.24, 2.45) is 0 Å². The number of rotatable bonds is 7. The van der Waals surface area contributed by atoms with Crippen LogP contribution in [0.15, 0.2) is 36.4 Å². The van der Waals surface area contributed by atoms with E-state index >= 15 is 0 Å². The zero-order chi connectivity index (χ0) is 25.8. The summed E-state index contributed by atoms with van der Waals surface area (Å²) in [6.45, 7) is 1.59. The summed E-state index contributed by atoms with van der Waals surface area (Å²) in [6, 6.07) is 9.94. The van der Waals surface area contributed by atoms with Crippen LogP contribution >= 0.6 is 11.6 Å². The van der Waals surface area contributed by atoms with Crippen molar-refractivity contribution in [2.75, 3.05) is 13.1 Å². The smallest absolute Gasteiger partial charge is 0.347 e. The molecule has 12 heteroatoms. The third-order valence-electron chi connectivity index (χ3n) is 6.89. The predicted molar refractivity (Wildman–Crippen MR) is 124 cm³/mol. The molecule has 2 amide bonds. The molecule has 0 atom stereocenters. The van der Waals surface area contributed by atoms with Gasteiger partial charge < -0.3 is 14.8 Å². The van der Waals surface area contributed by atoms with Crippen molar-refractivity contribution in [2.45, 2.75) is 55.4 Å². The molecular weight excluding hydrogens is 507 g/mol. The van der Waals surface area contributed by atoms with Crippen LogP contribution in [0.2, 0.25) is 5.02 Å². The number of fused-ring (bicyclic) bond motifs is 1. The SMILES string of the molecule is CC(C)(C(F)(F)F)S(=O)(=O)C1(CN2CCn3c(C(=O)NCc4ccc(Cl)cc4)ccc3C2=O)CC1. The van der Waals surface area contributed by atoms with E-state index in [1.165, 1.54) is 17.0 Å². The number of hydrogen-bond acceptors (Lipinski definition) is 4. The highest BCUT2D eigenvalue weighted by Crippen LogP contribution is 2.52. The number of sulfone groups is 1. The maximum Gasteiger partial charge on any atom is 0.407 e. The first-order valence-corrected chi connectivity index (χ1v) is 12.9. The number of alkyl halides is 3. The van der Waals surface area contributed by atoms with E-state index in [1.54, 1.807) is 28.8 Å². The standard InChI is InChI=1S/C23H25ClF3N3O4S/c1-21(2,23(25,26)27)35(33,34)22(9-10-22)14-29-11-12-30-17(7-8-18(30)20(29)32)19(31)28-13-15-3-5-16(24)6-4-15/h3-8H,9-14H2,1-2H3,(H,28,31). The van der Waals surface area contributed by atoms with E-state index in [2.05, 4.69) is 5.32 Å². The Kier molecular flexibility index (Phi) is 6.24. The number of carbonyl (C=O) groups excluding carboxylic acids is 2. The van der Waals surface area contributed by atoms with Crippen molar-refractivity contribution in [1.82, 2.24) is 14.8 Å².